The second-order valence-corrected chi connectivity index (χ2v) is 2.75. The minimum atomic E-state index is 0.437. The van der Waals surface area contributed by atoms with Crippen molar-refractivity contribution < 1.29 is 4.79 Å². The maximum absolute atomic E-state index is 10.3. The largest absolute Gasteiger partial charge is 0.338 e. The van der Waals surface area contributed by atoms with Gasteiger partial charge in [0.05, 0.1) is 6.04 Å². The van der Waals surface area contributed by atoms with Crippen molar-refractivity contribution in [2.24, 2.45) is 5.92 Å². The van der Waals surface area contributed by atoms with Crippen LogP contribution in [0.4, 0.5) is 0 Å². The van der Waals surface area contributed by atoms with Crippen LogP contribution in [0.3, 0.4) is 0 Å². The van der Waals surface area contributed by atoms with E-state index in [4.69, 9.17) is 0 Å². The summed E-state index contributed by atoms with van der Waals surface area (Å²) in [6.45, 7) is 0.949. The lowest BCUT2D eigenvalue weighted by Crippen LogP contribution is -2.27. The lowest BCUT2D eigenvalue weighted by atomic mass is 10.2. The van der Waals surface area contributed by atoms with Crippen LogP contribution in [0, 0.1) is 5.92 Å². The van der Waals surface area contributed by atoms with E-state index < -0.39 is 0 Å². The highest BCUT2D eigenvalue weighted by atomic mass is 16.1. The van der Waals surface area contributed by atoms with Crippen LogP contribution in [0.2, 0.25) is 0 Å². The number of fused-ring (bicyclic) bond motifs is 2. The Kier molecular flexibility index (Phi) is 0.891. The quantitative estimate of drug-likeness (QED) is 0.365. The van der Waals surface area contributed by atoms with Crippen LogP contribution in [0.5, 0.6) is 0 Å². The number of carbonyl (C=O) groups excluding carboxylic acids is 1. The summed E-state index contributed by atoms with van der Waals surface area (Å²) in [5.41, 5.74) is 0. The molecule has 1 saturated heterocycles. The van der Waals surface area contributed by atoms with Gasteiger partial charge in [0.2, 0.25) is 6.41 Å². The van der Waals surface area contributed by atoms with Gasteiger partial charge in [0.25, 0.3) is 0 Å². The summed E-state index contributed by atoms with van der Waals surface area (Å²) < 4.78 is 0. The number of hydrogen-bond donors (Lipinski definition) is 0. The van der Waals surface area contributed by atoms with Crippen molar-refractivity contribution in [3.63, 3.8) is 0 Å². The second-order valence-electron chi connectivity index (χ2n) is 2.75. The summed E-state index contributed by atoms with van der Waals surface area (Å²) in [6, 6.07) is 0.437. The molecule has 2 aliphatic rings. The van der Waals surface area contributed by atoms with Gasteiger partial charge in [0.15, 0.2) is 0 Å². The molecule has 0 unspecified atom stereocenters. The fraction of sp³-hybridized carbons (Fsp3) is 0.571. The number of likely N-dealkylation sites (tertiary alicyclic amines) is 1. The minimum Gasteiger partial charge on any atom is -0.338 e. The van der Waals surface area contributed by atoms with Crippen LogP contribution in [-0.2, 0) is 4.79 Å². The van der Waals surface area contributed by atoms with Crippen molar-refractivity contribution in [3.8, 4) is 0 Å². The first-order valence-electron chi connectivity index (χ1n) is 3.29. The Hall–Kier alpha value is -0.790. The Balaban J connectivity index is 2.19. The first kappa shape index (κ1) is 5.03. The molecule has 0 aromatic heterocycles. The van der Waals surface area contributed by atoms with Crippen LogP contribution < -0.4 is 0 Å². The van der Waals surface area contributed by atoms with Gasteiger partial charge in [0.1, 0.15) is 0 Å². The zero-order valence-corrected chi connectivity index (χ0v) is 5.16. The Morgan fingerprint density at radius 1 is 1.56 bits per heavy atom. The average molecular weight is 123 g/mol. The molecule has 2 nitrogen and oxygen atoms in total. The molecule has 1 fully saturated rings. The van der Waals surface area contributed by atoms with Crippen LogP contribution in [0.1, 0.15) is 6.42 Å². The molecule has 48 valence electrons. The Morgan fingerprint density at radius 2 is 2.44 bits per heavy atom. The van der Waals surface area contributed by atoms with Gasteiger partial charge in [-0.1, -0.05) is 12.2 Å². The number of rotatable bonds is 1. The number of nitrogens with zero attached hydrogens (tertiary/aromatic N) is 1. The van der Waals surface area contributed by atoms with Crippen molar-refractivity contribution in [2.45, 2.75) is 12.5 Å². The van der Waals surface area contributed by atoms with Crippen molar-refractivity contribution in [2.75, 3.05) is 6.54 Å². The summed E-state index contributed by atoms with van der Waals surface area (Å²) in [5.74, 6) is 0.667. The van der Waals surface area contributed by atoms with E-state index in [9.17, 15) is 4.79 Å². The smallest absolute Gasteiger partial charge is 0.210 e. The molecule has 0 radical (unpaired) electrons. The minimum absolute atomic E-state index is 0.437. The maximum Gasteiger partial charge on any atom is 0.210 e. The van der Waals surface area contributed by atoms with Gasteiger partial charge in [-0.2, -0.15) is 0 Å². The second kappa shape index (κ2) is 1.59. The maximum atomic E-state index is 10.3. The fourth-order valence-electron chi connectivity index (χ4n) is 1.66. The number of hydrogen-bond acceptors (Lipinski definition) is 1. The molecular formula is C7H9NO. The molecule has 2 bridgehead atoms. The molecule has 0 N–H and O–H groups in total. The van der Waals surface area contributed by atoms with Gasteiger partial charge in [-0.05, 0) is 12.3 Å². The number of amides is 1. The summed E-state index contributed by atoms with van der Waals surface area (Å²) in [6.07, 6.45) is 6.46. The van der Waals surface area contributed by atoms with Gasteiger partial charge < -0.3 is 4.90 Å². The first-order chi connectivity index (χ1) is 4.40. The van der Waals surface area contributed by atoms with Gasteiger partial charge >= 0.3 is 0 Å². The van der Waals surface area contributed by atoms with Crippen LogP contribution in [-0.4, -0.2) is 23.9 Å². The summed E-state index contributed by atoms with van der Waals surface area (Å²) in [7, 11) is 0. The summed E-state index contributed by atoms with van der Waals surface area (Å²) >= 11 is 0. The predicted molar refractivity (Wildman–Crippen MR) is 33.8 cm³/mol. The molecule has 0 spiro atoms. The molecule has 1 amide bonds. The molecule has 0 aromatic rings. The third kappa shape index (κ3) is 0.590. The number of carbonyl (C=O) groups is 1. The predicted octanol–water partition coefficient (Wildman–Crippen LogP) is 0.403. The van der Waals surface area contributed by atoms with E-state index in [0.29, 0.717) is 12.0 Å². The zero-order chi connectivity index (χ0) is 6.27. The monoisotopic (exact) mass is 123 g/mol. The first-order valence-corrected chi connectivity index (χ1v) is 3.29. The van der Waals surface area contributed by atoms with E-state index in [1.54, 1.807) is 0 Å². The summed E-state index contributed by atoms with van der Waals surface area (Å²) in [4.78, 5) is 12.2. The lowest BCUT2D eigenvalue weighted by Gasteiger charge is -2.17. The van der Waals surface area contributed by atoms with Crippen molar-refractivity contribution >= 4 is 6.41 Å². The molecule has 1 aliphatic heterocycles. The summed E-state index contributed by atoms with van der Waals surface area (Å²) in [5, 5.41) is 0. The highest BCUT2D eigenvalue weighted by Gasteiger charge is 2.32. The molecule has 9 heavy (non-hydrogen) atoms. The third-order valence-electron chi connectivity index (χ3n) is 2.16. The van der Waals surface area contributed by atoms with Crippen molar-refractivity contribution in [1.29, 1.82) is 0 Å². The Bertz CT molecular complexity index is 164. The normalized spacial score (nSPS) is 38.0. The zero-order valence-electron chi connectivity index (χ0n) is 5.16. The van der Waals surface area contributed by atoms with Crippen molar-refractivity contribution in [1.82, 2.24) is 4.90 Å². The van der Waals surface area contributed by atoms with E-state index in [2.05, 4.69) is 12.2 Å². The molecule has 2 atom stereocenters. The van der Waals surface area contributed by atoms with E-state index in [0.717, 1.165) is 13.0 Å². The topological polar surface area (TPSA) is 20.3 Å². The molecule has 1 aliphatic carbocycles. The standard InChI is InChI=1S/C7H9NO/c9-5-8-4-6-1-2-7(8)3-6/h1-2,5-7H,3-4H2/t6-,7+/m1/s1. The molecule has 0 saturated carbocycles. The Morgan fingerprint density at radius 3 is 2.78 bits per heavy atom. The highest BCUT2D eigenvalue weighted by Crippen LogP contribution is 2.29. The van der Waals surface area contributed by atoms with Crippen molar-refractivity contribution in [3.05, 3.63) is 12.2 Å². The van der Waals surface area contributed by atoms with E-state index in [-0.39, 0.29) is 0 Å². The molecule has 0 aromatic carbocycles. The van der Waals surface area contributed by atoms with E-state index in [1.807, 2.05) is 4.90 Å². The molecule has 2 heteroatoms. The van der Waals surface area contributed by atoms with E-state index in [1.165, 1.54) is 6.42 Å². The van der Waals surface area contributed by atoms with Gasteiger partial charge in [-0.15, -0.1) is 0 Å². The Labute approximate surface area is 54.1 Å². The SMILES string of the molecule is O=CN1C[C@@H]2C=C[C@H]1C2. The van der Waals surface area contributed by atoms with Gasteiger partial charge in [-0.3, -0.25) is 4.79 Å². The lowest BCUT2D eigenvalue weighted by molar-refractivity contribution is -0.118. The van der Waals surface area contributed by atoms with Crippen LogP contribution >= 0.6 is 0 Å². The average Bonchev–Trinajstić information content (AvgIpc) is 2.45. The fourth-order valence-corrected chi connectivity index (χ4v) is 1.66. The molecule has 2 rings (SSSR count). The van der Waals surface area contributed by atoms with E-state index >= 15 is 0 Å². The van der Waals surface area contributed by atoms with Crippen LogP contribution in [0.15, 0.2) is 12.2 Å². The van der Waals surface area contributed by atoms with Gasteiger partial charge in [0, 0.05) is 6.54 Å². The van der Waals surface area contributed by atoms with Crippen LogP contribution in [0.25, 0.3) is 0 Å². The third-order valence-corrected chi connectivity index (χ3v) is 2.16. The highest BCUT2D eigenvalue weighted by molar-refractivity contribution is 5.50. The molecular weight excluding hydrogens is 114 g/mol. The van der Waals surface area contributed by atoms with Gasteiger partial charge in [-0.25, -0.2) is 0 Å². The molecule has 1 heterocycles.